The van der Waals surface area contributed by atoms with E-state index in [1.807, 2.05) is 0 Å². The Morgan fingerprint density at radius 1 is 1.33 bits per heavy atom. The van der Waals surface area contributed by atoms with Gasteiger partial charge in [0.1, 0.15) is 5.82 Å². The first kappa shape index (κ1) is 16.6. The highest BCUT2D eigenvalue weighted by Gasteiger charge is 2.45. The number of hydrogen-bond acceptors (Lipinski definition) is 5. The maximum absolute atomic E-state index is 14.3. The van der Waals surface area contributed by atoms with E-state index < -0.39 is 11.4 Å². The summed E-state index contributed by atoms with van der Waals surface area (Å²) in [5.74, 6) is -0.789. The maximum Gasteiger partial charge on any atom is 0.316 e. The molecule has 0 N–H and O–H groups in total. The molecule has 0 bridgehead atoms. The van der Waals surface area contributed by atoms with Gasteiger partial charge < -0.3 is 9.64 Å². The van der Waals surface area contributed by atoms with Gasteiger partial charge in [-0.3, -0.25) is 4.79 Å². The zero-order valence-electron chi connectivity index (χ0n) is 13.2. The van der Waals surface area contributed by atoms with Crippen molar-refractivity contribution in [3.05, 3.63) is 53.1 Å². The first-order chi connectivity index (χ1) is 11.6. The van der Waals surface area contributed by atoms with Gasteiger partial charge in [0.25, 0.3) is 0 Å². The summed E-state index contributed by atoms with van der Waals surface area (Å²) in [4.78, 5) is 14.5. The van der Waals surface area contributed by atoms with Crippen molar-refractivity contribution in [1.82, 2.24) is 10.2 Å². The number of benzene rings is 1. The summed E-state index contributed by atoms with van der Waals surface area (Å²) in [5.41, 5.74) is 0.255. The first-order valence-electron chi connectivity index (χ1n) is 7.63. The van der Waals surface area contributed by atoms with Crippen molar-refractivity contribution in [3.8, 4) is 0 Å². The monoisotopic (exact) mass is 349 g/mol. The van der Waals surface area contributed by atoms with E-state index in [-0.39, 0.29) is 5.82 Å². The highest BCUT2D eigenvalue weighted by Crippen LogP contribution is 2.39. The minimum atomic E-state index is -0.971. The third-order valence-electron chi connectivity index (χ3n) is 4.56. The molecule has 1 fully saturated rings. The number of piperidine rings is 1. The van der Waals surface area contributed by atoms with Gasteiger partial charge in [-0.15, -0.1) is 5.10 Å². The zero-order valence-corrected chi connectivity index (χ0v) is 14.0. The Bertz CT molecular complexity index is 748. The van der Waals surface area contributed by atoms with Crippen molar-refractivity contribution in [2.24, 2.45) is 0 Å². The Labute approximate surface area is 144 Å². The highest BCUT2D eigenvalue weighted by molar-refractivity contribution is 6.29. The molecule has 0 unspecified atom stereocenters. The van der Waals surface area contributed by atoms with E-state index >= 15 is 0 Å². The van der Waals surface area contributed by atoms with Crippen LogP contribution in [0.3, 0.4) is 0 Å². The zero-order chi connectivity index (χ0) is 17.2. The number of methoxy groups -OCH3 is 1. The SMILES string of the molecule is COC(=O)C1(c2ccccc2F)CCN(c2cnnc(Cl)c2)CC1. The van der Waals surface area contributed by atoms with Crippen LogP contribution >= 0.6 is 11.6 Å². The molecule has 7 heteroatoms. The van der Waals surface area contributed by atoms with Gasteiger partial charge in [0.15, 0.2) is 5.15 Å². The molecular formula is C17H17ClFN3O2. The van der Waals surface area contributed by atoms with Crippen molar-refractivity contribution < 1.29 is 13.9 Å². The number of halogens is 2. The molecule has 3 rings (SSSR count). The van der Waals surface area contributed by atoms with Gasteiger partial charge >= 0.3 is 5.97 Å². The van der Waals surface area contributed by atoms with Crippen LogP contribution < -0.4 is 4.90 Å². The van der Waals surface area contributed by atoms with Crippen LogP contribution in [0.5, 0.6) is 0 Å². The molecule has 1 saturated heterocycles. The molecule has 1 aliphatic rings. The van der Waals surface area contributed by atoms with E-state index in [1.165, 1.54) is 13.2 Å². The van der Waals surface area contributed by atoms with Gasteiger partial charge in [0.05, 0.1) is 24.4 Å². The van der Waals surface area contributed by atoms with Crippen LogP contribution in [0, 0.1) is 5.82 Å². The Balaban J connectivity index is 1.89. The molecule has 2 aromatic rings. The second kappa shape index (κ2) is 6.73. The summed E-state index contributed by atoms with van der Waals surface area (Å²) in [6.45, 7) is 1.12. The summed E-state index contributed by atoms with van der Waals surface area (Å²) in [6.07, 6.45) is 2.52. The van der Waals surface area contributed by atoms with Crippen LogP contribution in [-0.4, -0.2) is 36.4 Å². The number of nitrogens with zero attached hydrogens (tertiary/aromatic N) is 3. The van der Waals surface area contributed by atoms with Gasteiger partial charge in [-0.1, -0.05) is 29.8 Å². The molecule has 1 aromatic heterocycles. The predicted octanol–water partition coefficient (Wildman–Crippen LogP) is 2.98. The third kappa shape index (κ3) is 2.94. The number of hydrogen-bond donors (Lipinski definition) is 0. The Kier molecular flexibility index (Phi) is 4.66. The van der Waals surface area contributed by atoms with E-state index in [0.29, 0.717) is 36.6 Å². The van der Waals surface area contributed by atoms with Crippen molar-refractivity contribution in [2.75, 3.05) is 25.1 Å². The standard InChI is InChI=1S/C17H17ClFN3O2/c1-24-16(23)17(13-4-2-3-5-14(13)19)6-8-22(9-7-17)12-10-15(18)21-20-11-12/h2-5,10-11H,6-9H2,1H3. The molecule has 0 atom stereocenters. The van der Waals surface area contributed by atoms with Crippen molar-refractivity contribution in [1.29, 1.82) is 0 Å². The fourth-order valence-corrected chi connectivity index (χ4v) is 3.43. The van der Waals surface area contributed by atoms with Crippen LogP contribution in [0.2, 0.25) is 5.15 Å². The van der Waals surface area contributed by atoms with E-state index in [9.17, 15) is 9.18 Å². The van der Waals surface area contributed by atoms with E-state index in [0.717, 1.165) is 5.69 Å². The van der Waals surface area contributed by atoms with E-state index in [2.05, 4.69) is 15.1 Å². The number of carbonyl (C=O) groups is 1. The summed E-state index contributed by atoms with van der Waals surface area (Å²) >= 11 is 5.89. The summed E-state index contributed by atoms with van der Waals surface area (Å²) in [6, 6.07) is 8.11. The second-order valence-electron chi connectivity index (χ2n) is 5.78. The molecule has 0 amide bonds. The first-order valence-corrected chi connectivity index (χ1v) is 8.01. The Morgan fingerprint density at radius 3 is 2.67 bits per heavy atom. The molecular weight excluding hydrogens is 333 g/mol. The molecule has 24 heavy (non-hydrogen) atoms. The van der Waals surface area contributed by atoms with E-state index in [4.69, 9.17) is 16.3 Å². The molecule has 0 saturated carbocycles. The average Bonchev–Trinajstić information content (AvgIpc) is 2.61. The largest absolute Gasteiger partial charge is 0.468 e. The fourth-order valence-electron chi connectivity index (χ4n) is 3.28. The molecule has 1 aromatic carbocycles. The van der Waals surface area contributed by atoms with Crippen molar-refractivity contribution in [2.45, 2.75) is 18.3 Å². The molecule has 0 aliphatic carbocycles. The number of anilines is 1. The van der Waals surface area contributed by atoms with Crippen LogP contribution in [0.25, 0.3) is 0 Å². The lowest BCUT2D eigenvalue weighted by atomic mass is 9.72. The summed E-state index contributed by atoms with van der Waals surface area (Å²) in [7, 11) is 1.34. The molecule has 2 heterocycles. The average molecular weight is 350 g/mol. The summed E-state index contributed by atoms with van der Waals surface area (Å²) < 4.78 is 19.3. The molecule has 0 spiro atoms. The minimum Gasteiger partial charge on any atom is -0.468 e. The van der Waals surface area contributed by atoms with Crippen LogP contribution in [-0.2, 0) is 14.9 Å². The normalized spacial score (nSPS) is 16.7. The third-order valence-corrected chi connectivity index (χ3v) is 4.74. The van der Waals surface area contributed by atoms with Crippen molar-refractivity contribution in [3.63, 3.8) is 0 Å². The Hall–Kier alpha value is -2.21. The number of rotatable bonds is 3. The topological polar surface area (TPSA) is 55.3 Å². The lowest BCUT2D eigenvalue weighted by molar-refractivity contribution is -0.148. The quantitative estimate of drug-likeness (QED) is 0.797. The van der Waals surface area contributed by atoms with Crippen molar-refractivity contribution >= 4 is 23.3 Å². The smallest absolute Gasteiger partial charge is 0.316 e. The molecule has 126 valence electrons. The lowest BCUT2D eigenvalue weighted by Gasteiger charge is -2.40. The number of aromatic nitrogens is 2. The lowest BCUT2D eigenvalue weighted by Crippen LogP contribution is -2.48. The fraction of sp³-hybridized carbons (Fsp3) is 0.353. The molecule has 1 aliphatic heterocycles. The number of ether oxygens (including phenoxy) is 1. The van der Waals surface area contributed by atoms with Crippen LogP contribution in [0.4, 0.5) is 10.1 Å². The molecule has 5 nitrogen and oxygen atoms in total. The number of esters is 1. The van der Waals surface area contributed by atoms with Gasteiger partial charge in [0, 0.05) is 24.7 Å². The number of carbonyl (C=O) groups excluding carboxylic acids is 1. The summed E-state index contributed by atoms with van der Waals surface area (Å²) in [5, 5.41) is 7.88. The van der Waals surface area contributed by atoms with E-state index in [1.54, 1.807) is 30.5 Å². The van der Waals surface area contributed by atoms with Gasteiger partial charge in [-0.25, -0.2) is 4.39 Å². The Morgan fingerprint density at radius 2 is 2.04 bits per heavy atom. The van der Waals surface area contributed by atoms with Gasteiger partial charge in [0.2, 0.25) is 0 Å². The highest BCUT2D eigenvalue weighted by atomic mass is 35.5. The second-order valence-corrected chi connectivity index (χ2v) is 6.16. The molecule has 0 radical (unpaired) electrons. The van der Waals surface area contributed by atoms with Gasteiger partial charge in [-0.05, 0) is 18.9 Å². The van der Waals surface area contributed by atoms with Crippen LogP contribution in [0.1, 0.15) is 18.4 Å². The predicted molar refractivity (Wildman–Crippen MR) is 88.6 cm³/mol. The van der Waals surface area contributed by atoms with Gasteiger partial charge in [-0.2, -0.15) is 5.10 Å². The maximum atomic E-state index is 14.3. The van der Waals surface area contributed by atoms with Crippen LogP contribution in [0.15, 0.2) is 36.5 Å². The minimum absolute atomic E-state index is 0.311.